The maximum Gasteiger partial charge on any atom is 0.204 e. The molecule has 1 saturated heterocycles. The molecular formula is C26H47N5O. The van der Waals surface area contributed by atoms with Gasteiger partial charge in [-0.1, -0.05) is 57.4 Å². The molecule has 0 bridgehead atoms. The Labute approximate surface area is 196 Å². The van der Waals surface area contributed by atoms with E-state index in [4.69, 9.17) is 10.6 Å². The molecule has 182 valence electrons. The Bertz CT molecular complexity index is 678. The topological polar surface area (TPSA) is 102 Å². The summed E-state index contributed by atoms with van der Waals surface area (Å²) in [4.78, 5) is 11.2. The van der Waals surface area contributed by atoms with Crippen molar-refractivity contribution < 1.29 is 4.79 Å². The number of likely N-dealkylation sites (tertiary alicyclic amines) is 1. The van der Waals surface area contributed by atoms with Crippen LogP contribution < -0.4 is 17.3 Å². The van der Waals surface area contributed by atoms with Crippen LogP contribution >= 0.6 is 0 Å². The summed E-state index contributed by atoms with van der Waals surface area (Å²) in [6, 6.07) is 0. The normalized spacial score (nSPS) is 15.7. The van der Waals surface area contributed by atoms with Crippen LogP contribution in [0.25, 0.3) is 0 Å². The number of amides is 1. The molecular weight excluding hydrogens is 398 g/mol. The van der Waals surface area contributed by atoms with Crippen LogP contribution in [-0.2, 0) is 4.79 Å². The lowest BCUT2D eigenvalue weighted by molar-refractivity contribution is -0.106. The van der Waals surface area contributed by atoms with Gasteiger partial charge in [0, 0.05) is 13.6 Å². The summed E-state index contributed by atoms with van der Waals surface area (Å²) in [5.41, 5.74) is 13.8. The molecule has 32 heavy (non-hydrogen) atoms. The highest BCUT2D eigenvalue weighted by molar-refractivity contribution is 5.52. The number of allylic oxidation sites excluding steroid dienone is 7. The van der Waals surface area contributed by atoms with Crippen molar-refractivity contribution >= 4 is 6.41 Å². The van der Waals surface area contributed by atoms with Crippen molar-refractivity contribution in [2.75, 3.05) is 33.7 Å². The van der Waals surface area contributed by atoms with Gasteiger partial charge in [-0.2, -0.15) is 0 Å². The Morgan fingerprint density at radius 2 is 1.66 bits per heavy atom. The molecule has 1 amide bonds. The molecule has 0 unspecified atom stereocenters. The molecule has 6 N–H and O–H groups in total. The molecule has 0 aromatic rings. The van der Waals surface area contributed by atoms with Gasteiger partial charge in [-0.15, -0.1) is 0 Å². The third-order valence-electron chi connectivity index (χ3n) is 5.24. The van der Waals surface area contributed by atoms with Gasteiger partial charge in [0.2, 0.25) is 6.41 Å². The highest BCUT2D eigenvalue weighted by Crippen LogP contribution is 2.28. The zero-order valence-electron chi connectivity index (χ0n) is 21.2. The number of hydrogen-bond acceptors (Lipinski definition) is 5. The summed E-state index contributed by atoms with van der Waals surface area (Å²) in [5, 5.41) is 1.54. The largest absolute Gasteiger partial charge is 0.372 e. The lowest BCUT2D eigenvalue weighted by Gasteiger charge is -2.33. The summed E-state index contributed by atoms with van der Waals surface area (Å²) < 4.78 is 0. The third-order valence-corrected chi connectivity index (χ3v) is 5.24. The van der Waals surface area contributed by atoms with Crippen LogP contribution in [0.3, 0.4) is 0 Å². The minimum Gasteiger partial charge on any atom is -0.372 e. The van der Waals surface area contributed by atoms with Gasteiger partial charge in [-0.3, -0.25) is 4.79 Å². The fourth-order valence-corrected chi connectivity index (χ4v) is 3.50. The van der Waals surface area contributed by atoms with Crippen LogP contribution in [0.2, 0.25) is 0 Å². The zero-order chi connectivity index (χ0) is 25.3. The van der Waals surface area contributed by atoms with E-state index >= 15 is 0 Å². The smallest absolute Gasteiger partial charge is 0.204 e. The highest BCUT2D eigenvalue weighted by atomic mass is 16.1. The number of hydrazine groups is 1. The van der Waals surface area contributed by atoms with Crippen LogP contribution in [0.15, 0.2) is 72.0 Å². The molecule has 1 fully saturated rings. The monoisotopic (exact) mass is 445 g/mol. The van der Waals surface area contributed by atoms with Crippen LogP contribution in [0.1, 0.15) is 40.5 Å². The summed E-state index contributed by atoms with van der Waals surface area (Å²) in [7, 11) is 3.30. The van der Waals surface area contributed by atoms with Crippen molar-refractivity contribution in [2.45, 2.75) is 40.5 Å². The summed E-state index contributed by atoms with van der Waals surface area (Å²) in [5.74, 6) is 7.22. The van der Waals surface area contributed by atoms with Gasteiger partial charge in [0.25, 0.3) is 0 Å². The van der Waals surface area contributed by atoms with E-state index in [0.29, 0.717) is 5.92 Å². The maximum atomic E-state index is 8.58. The fourth-order valence-electron chi connectivity index (χ4n) is 3.50. The lowest BCUT2D eigenvalue weighted by atomic mass is 9.87. The number of carbonyl (C=O) groups is 1. The first kappa shape index (κ1) is 31.8. The van der Waals surface area contributed by atoms with E-state index in [2.05, 4.69) is 69.0 Å². The summed E-state index contributed by atoms with van der Waals surface area (Å²) in [6.07, 6.45) is 10.9. The number of carbonyl (C=O) groups excluding carboxylic acids is 1. The molecule has 6 nitrogen and oxygen atoms in total. The number of piperidine rings is 1. The molecule has 1 aliphatic rings. The van der Waals surface area contributed by atoms with Crippen LogP contribution in [0.4, 0.5) is 0 Å². The van der Waals surface area contributed by atoms with E-state index in [1.807, 2.05) is 19.1 Å². The first-order chi connectivity index (χ1) is 15.1. The number of rotatable bonds is 9. The van der Waals surface area contributed by atoms with E-state index < -0.39 is 0 Å². The third kappa shape index (κ3) is 12.4. The minimum atomic E-state index is 0.250. The molecule has 6 heteroatoms. The molecule has 0 spiro atoms. The van der Waals surface area contributed by atoms with Crippen molar-refractivity contribution in [2.24, 2.45) is 29.1 Å². The molecule has 1 rings (SSSR count). The lowest BCUT2D eigenvalue weighted by Crippen LogP contribution is -2.36. The molecule has 0 aromatic heterocycles. The first-order valence-electron chi connectivity index (χ1n) is 11.1. The van der Waals surface area contributed by atoms with Gasteiger partial charge in [-0.25, -0.2) is 5.84 Å². The molecule has 0 saturated carbocycles. The second-order valence-corrected chi connectivity index (χ2v) is 8.12. The first-order valence-corrected chi connectivity index (χ1v) is 11.1. The van der Waals surface area contributed by atoms with E-state index in [1.165, 1.54) is 45.1 Å². The molecule has 1 heterocycles. The number of primary amides is 1. The number of likely N-dealkylation sites (N-methyl/N-ethyl adjacent to an activating group) is 1. The minimum absolute atomic E-state index is 0.250. The molecule has 0 radical (unpaired) electrons. The maximum absolute atomic E-state index is 8.58. The van der Waals surface area contributed by atoms with Gasteiger partial charge < -0.3 is 21.4 Å². The summed E-state index contributed by atoms with van der Waals surface area (Å²) in [6.45, 7) is 24.5. The van der Waals surface area contributed by atoms with Crippen molar-refractivity contribution in [1.82, 2.24) is 9.91 Å². The van der Waals surface area contributed by atoms with Crippen LogP contribution in [0.5, 0.6) is 0 Å². The molecule has 1 aliphatic heterocycles. The van der Waals surface area contributed by atoms with Crippen LogP contribution in [0, 0.1) is 11.8 Å². The van der Waals surface area contributed by atoms with E-state index in [-0.39, 0.29) is 6.41 Å². The predicted molar refractivity (Wildman–Crippen MR) is 140 cm³/mol. The van der Waals surface area contributed by atoms with Gasteiger partial charge in [-0.05, 0) is 81.5 Å². The zero-order valence-corrected chi connectivity index (χ0v) is 21.2. The second kappa shape index (κ2) is 18.2. The van der Waals surface area contributed by atoms with Crippen molar-refractivity contribution in [3.8, 4) is 0 Å². The van der Waals surface area contributed by atoms with E-state index in [1.54, 1.807) is 12.1 Å². The molecule has 0 aliphatic carbocycles. The summed E-state index contributed by atoms with van der Waals surface area (Å²) >= 11 is 0. The standard InChI is InChI=1S/C24H39N3.CH3NO.CH5N/c1-9-19(5)24(16-22(10-2)21(7)26(8)25)15-20(6)23-11-13-27(14-12-23)17-18(3)4;2-1-3;1-2/h9-10,15-16,18,23H,1,5,7,11-14,17,25H2,2-4,6,8H3;1H,(H2,2,3);2H2,1H3/b20-15+,22-10+,24-16-;;. The predicted octanol–water partition coefficient (Wildman–Crippen LogP) is 3.91. The average molecular weight is 446 g/mol. The SMILES string of the molecule is C=CC(=C)C(=C\C(=C/C)C(=C)N(C)N)/C=C(\C)C1CCN(CC(C)C)CC1.CN.NC=O. The average Bonchev–Trinajstić information content (AvgIpc) is 2.77. The van der Waals surface area contributed by atoms with Gasteiger partial charge in [0.1, 0.15) is 0 Å². The second-order valence-electron chi connectivity index (χ2n) is 8.12. The van der Waals surface area contributed by atoms with E-state index in [9.17, 15) is 0 Å². The fraction of sp³-hybridized carbons (Fsp3) is 0.500. The van der Waals surface area contributed by atoms with Crippen molar-refractivity contribution in [3.05, 3.63) is 72.0 Å². The molecule has 0 atom stereocenters. The Balaban J connectivity index is 0. The Morgan fingerprint density at radius 3 is 2.03 bits per heavy atom. The van der Waals surface area contributed by atoms with Gasteiger partial charge in [0.05, 0.1) is 5.70 Å². The molecule has 0 aromatic carbocycles. The number of hydrogen-bond donors (Lipinski definition) is 3. The Hall–Kier alpha value is -2.41. The van der Waals surface area contributed by atoms with Crippen molar-refractivity contribution in [1.29, 1.82) is 0 Å². The Kier molecular flexibility index (Phi) is 18.1. The number of nitrogens with zero attached hydrogens (tertiary/aromatic N) is 2. The quantitative estimate of drug-likeness (QED) is 0.216. The van der Waals surface area contributed by atoms with Gasteiger partial charge >= 0.3 is 0 Å². The van der Waals surface area contributed by atoms with E-state index in [0.717, 1.165) is 28.3 Å². The van der Waals surface area contributed by atoms with Crippen molar-refractivity contribution in [3.63, 3.8) is 0 Å². The van der Waals surface area contributed by atoms with Crippen LogP contribution in [-0.4, -0.2) is 50.0 Å². The van der Waals surface area contributed by atoms with Gasteiger partial charge in [0.15, 0.2) is 0 Å². The Morgan fingerprint density at radius 1 is 1.16 bits per heavy atom. The number of nitrogens with two attached hydrogens (primary N) is 3. The highest BCUT2D eigenvalue weighted by Gasteiger charge is 2.21.